The molecule has 8 nitrogen and oxygen atoms in total. The van der Waals surface area contributed by atoms with Crippen LogP contribution in [0, 0.1) is 0 Å². The van der Waals surface area contributed by atoms with Gasteiger partial charge in [0, 0.05) is 28.7 Å². The zero-order chi connectivity index (χ0) is 25.5. The summed E-state index contributed by atoms with van der Waals surface area (Å²) in [4.78, 5) is 27.3. The minimum atomic E-state index is -3.82. The molecule has 2 aromatic carbocycles. The molecule has 0 heterocycles. The van der Waals surface area contributed by atoms with Gasteiger partial charge in [0.25, 0.3) is 0 Å². The molecule has 0 unspecified atom stereocenters. The van der Waals surface area contributed by atoms with Crippen LogP contribution in [-0.2, 0) is 26.2 Å². The highest BCUT2D eigenvalue weighted by Crippen LogP contribution is 2.27. The zero-order valence-corrected chi connectivity index (χ0v) is 21.9. The van der Waals surface area contributed by atoms with Crippen LogP contribution in [0.15, 0.2) is 42.5 Å². The Morgan fingerprint density at radius 3 is 2.15 bits per heavy atom. The zero-order valence-electron chi connectivity index (χ0n) is 19.5. The number of amides is 2. The minimum Gasteiger partial charge on any atom is -0.494 e. The first-order chi connectivity index (χ1) is 16.0. The van der Waals surface area contributed by atoms with Crippen LogP contribution in [0.1, 0.15) is 26.3 Å². The summed E-state index contributed by atoms with van der Waals surface area (Å²) in [6, 6.07) is 10.4. The Kier molecular flexibility index (Phi) is 10.0. The van der Waals surface area contributed by atoms with Gasteiger partial charge in [0.1, 0.15) is 18.3 Å². The lowest BCUT2D eigenvalue weighted by molar-refractivity contribution is -0.139. The fourth-order valence-electron chi connectivity index (χ4n) is 3.25. The fourth-order valence-corrected chi connectivity index (χ4v) is 4.61. The molecule has 0 radical (unpaired) electrons. The smallest absolute Gasteiger partial charge is 0.244 e. The Morgan fingerprint density at radius 1 is 1.06 bits per heavy atom. The van der Waals surface area contributed by atoms with E-state index in [0.717, 1.165) is 10.6 Å². The van der Waals surface area contributed by atoms with E-state index >= 15 is 0 Å². The number of likely N-dealkylation sites (N-methyl/N-ethyl adjacent to an activating group) is 1. The molecule has 1 atom stereocenters. The topological polar surface area (TPSA) is 96.0 Å². The van der Waals surface area contributed by atoms with E-state index < -0.39 is 28.5 Å². The van der Waals surface area contributed by atoms with E-state index in [0.29, 0.717) is 40.2 Å². The second-order valence-electron chi connectivity index (χ2n) is 7.49. The maximum absolute atomic E-state index is 13.4. The van der Waals surface area contributed by atoms with E-state index in [1.165, 1.54) is 4.90 Å². The van der Waals surface area contributed by atoms with E-state index in [-0.39, 0.29) is 12.5 Å². The first-order valence-corrected chi connectivity index (χ1v) is 13.3. The molecule has 2 aromatic rings. The number of sulfonamides is 1. The SMILES string of the molecule is CCNC(=O)[C@@H](C)N(Cc1c(Cl)cccc1Cl)C(=O)CN(c1ccc(OCC)cc1)S(C)(=O)=O. The molecule has 0 spiro atoms. The number of carbonyl (C=O) groups excluding carboxylic acids is 2. The lowest BCUT2D eigenvalue weighted by Gasteiger charge is -2.31. The molecule has 0 fully saturated rings. The maximum atomic E-state index is 13.4. The van der Waals surface area contributed by atoms with E-state index in [1.54, 1.807) is 56.3 Å². The van der Waals surface area contributed by atoms with Gasteiger partial charge < -0.3 is 15.0 Å². The van der Waals surface area contributed by atoms with Gasteiger partial charge in [0.2, 0.25) is 21.8 Å². The largest absolute Gasteiger partial charge is 0.494 e. The molecule has 0 aliphatic carbocycles. The van der Waals surface area contributed by atoms with Crippen LogP contribution in [-0.4, -0.2) is 57.1 Å². The fraction of sp³-hybridized carbons (Fsp3) is 0.391. The molecular weight excluding hydrogens is 501 g/mol. The quantitative estimate of drug-likeness (QED) is 0.478. The molecule has 2 amide bonds. The summed E-state index contributed by atoms with van der Waals surface area (Å²) >= 11 is 12.6. The molecule has 0 aromatic heterocycles. The first kappa shape index (κ1) is 27.8. The summed E-state index contributed by atoms with van der Waals surface area (Å²) in [5.41, 5.74) is 0.753. The molecule has 0 aliphatic heterocycles. The molecule has 2 rings (SSSR count). The Bertz CT molecular complexity index is 1090. The van der Waals surface area contributed by atoms with Crippen molar-refractivity contribution in [2.24, 2.45) is 0 Å². The lowest BCUT2D eigenvalue weighted by atomic mass is 10.1. The number of benzene rings is 2. The molecule has 34 heavy (non-hydrogen) atoms. The number of nitrogens with one attached hydrogen (secondary N) is 1. The summed E-state index contributed by atoms with van der Waals surface area (Å²) in [5, 5.41) is 3.35. The van der Waals surface area contributed by atoms with Crippen molar-refractivity contribution in [3.8, 4) is 5.75 Å². The van der Waals surface area contributed by atoms with Gasteiger partial charge in [0.15, 0.2) is 0 Å². The average molecular weight is 530 g/mol. The van der Waals surface area contributed by atoms with Crippen LogP contribution in [0.5, 0.6) is 5.75 Å². The lowest BCUT2D eigenvalue weighted by Crippen LogP contribution is -2.51. The first-order valence-electron chi connectivity index (χ1n) is 10.7. The Labute approximate surface area is 210 Å². The number of ether oxygens (including phenoxy) is 1. The number of hydrogen-bond acceptors (Lipinski definition) is 5. The minimum absolute atomic E-state index is 0.0729. The van der Waals surface area contributed by atoms with Crippen LogP contribution < -0.4 is 14.4 Å². The van der Waals surface area contributed by atoms with Gasteiger partial charge in [-0.2, -0.15) is 0 Å². The predicted molar refractivity (Wildman–Crippen MR) is 135 cm³/mol. The third-order valence-corrected chi connectivity index (χ3v) is 6.87. The highest BCUT2D eigenvalue weighted by atomic mass is 35.5. The van der Waals surface area contributed by atoms with Crippen molar-refractivity contribution in [2.45, 2.75) is 33.4 Å². The predicted octanol–water partition coefficient (Wildman–Crippen LogP) is 3.71. The van der Waals surface area contributed by atoms with Gasteiger partial charge in [-0.1, -0.05) is 29.3 Å². The molecule has 11 heteroatoms. The van der Waals surface area contributed by atoms with Crippen molar-refractivity contribution in [3.05, 3.63) is 58.1 Å². The van der Waals surface area contributed by atoms with Crippen molar-refractivity contribution < 1.29 is 22.7 Å². The van der Waals surface area contributed by atoms with Gasteiger partial charge in [0.05, 0.1) is 18.6 Å². The summed E-state index contributed by atoms with van der Waals surface area (Å²) in [7, 11) is -3.82. The molecule has 1 N–H and O–H groups in total. The summed E-state index contributed by atoms with van der Waals surface area (Å²) in [5.74, 6) is -0.397. The van der Waals surface area contributed by atoms with Crippen LogP contribution in [0.4, 0.5) is 5.69 Å². The van der Waals surface area contributed by atoms with Gasteiger partial charge >= 0.3 is 0 Å². The van der Waals surface area contributed by atoms with Crippen molar-refractivity contribution in [3.63, 3.8) is 0 Å². The Balaban J connectivity index is 2.41. The Morgan fingerprint density at radius 2 is 1.65 bits per heavy atom. The number of carbonyl (C=O) groups is 2. The van der Waals surface area contributed by atoms with Gasteiger partial charge in [-0.25, -0.2) is 8.42 Å². The maximum Gasteiger partial charge on any atom is 0.244 e. The van der Waals surface area contributed by atoms with Crippen molar-refractivity contribution in [1.29, 1.82) is 0 Å². The number of halogens is 2. The van der Waals surface area contributed by atoms with Gasteiger partial charge in [-0.05, 0) is 57.2 Å². The third kappa shape index (κ3) is 7.25. The highest BCUT2D eigenvalue weighted by molar-refractivity contribution is 7.92. The molecule has 0 saturated carbocycles. The van der Waals surface area contributed by atoms with E-state index in [9.17, 15) is 18.0 Å². The van der Waals surface area contributed by atoms with Crippen LogP contribution in [0.2, 0.25) is 10.0 Å². The van der Waals surface area contributed by atoms with Crippen LogP contribution in [0.25, 0.3) is 0 Å². The standard InChI is InChI=1S/C23H29Cl2N3O5S/c1-5-26-23(30)16(3)27(14-19-20(24)8-7-9-21(19)25)22(29)15-28(34(4,31)32)17-10-12-18(13-11-17)33-6-2/h7-13,16H,5-6,14-15H2,1-4H3,(H,26,30)/t16-/m1/s1. The number of anilines is 1. The third-order valence-electron chi connectivity index (χ3n) is 5.02. The average Bonchev–Trinajstić information content (AvgIpc) is 2.77. The van der Waals surface area contributed by atoms with Crippen LogP contribution >= 0.6 is 23.2 Å². The monoisotopic (exact) mass is 529 g/mol. The van der Waals surface area contributed by atoms with Crippen LogP contribution in [0.3, 0.4) is 0 Å². The van der Waals surface area contributed by atoms with Gasteiger partial charge in [-0.15, -0.1) is 0 Å². The normalized spacial score (nSPS) is 12.1. The summed E-state index contributed by atoms with van der Waals surface area (Å²) in [6.07, 6.45) is 1.01. The van der Waals surface area contributed by atoms with E-state index in [4.69, 9.17) is 27.9 Å². The van der Waals surface area contributed by atoms with Gasteiger partial charge in [-0.3, -0.25) is 13.9 Å². The van der Waals surface area contributed by atoms with E-state index in [2.05, 4.69) is 5.32 Å². The summed E-state index contributed by atoms with van der Waals surface area (Å²) in [6.45, 7) is 5.42. The number of nitrogens with zero attached hydrogens (tertiary/aromatic N) is 2. The number of hydrogen-bond donors (Lipinski definition) is 1. The second kappa shape index (κ2) is 12.3. The molecule has 0 aliphatic rings. The van der Waals surface area contributed by atoms with Crippen molar-refractivity contribution in [1.82, 2.24) is 10.2 Å². The van der Waals surface area contributed by atoms with Crippen molar-refractivity contribution >= 4 is 50.7 Å². The molecule has 0 saturated heterocycles. The summed E-state index contributed by atoms with van der Waals surface area (Å²) < 4.78 is 31.5. The Hall–Kier alpha value is -2.49. The molecular formula is C23H29Cl2N3O5S. The number of rotatable bonds is 11. The molecule has 0 bridgehead atoms. The van der Waals surface area contributed by atoms with Crippen molar-refractivity contribution in [2.75, 3.05) is 30.3 Å². The second-order valence-corrected chi connectivity index (χ2v) is 10.2. The van der Waals surface area contributed by atoms with E-state index in [1.807, 2.05) is 6.92 Å². The highest BCUT2D eigenvalue weighted by Gasteiger charge is 2.30. The molecule has 186 valence electrons.